The Bertz CT molecular complexity index is 1300. The van der Waals surface area contributed by atoms with Gasteiger partial charge in [0, 0.05) is 16.5 Å². The molecule has 10 heteroatoms. The van der Waals surface area contributed by atoms with E-state index in [2.05, 4.69) is 5.32 Å². The second-order valence-corrected chi connectivity index (χ2v) is 11.7. The highest BCUT2D eigenvalue weighted by molar-refractivity contribution is 7.92. The number of anilines is 1. The molecule has 2 heterocycles. The molecule has 1 fully saturated rings. The largest absolute Gasteiger partial charge is 0.480 e. The van der Waals surface area contributed by atoms with Gasteiger partial charge in [-0.3, -0.25) is 4.31 Å². The lowest BCUT2D eigenvalue weighted by Crippen LogP contribution is -2.46. The summed E-state index contributed by atoms with van der Waals surface area (Å²) in [5.41, 5.74) is 2.81. The third-order valence-electron chi connectivity index (χ3n) is 6.14. The molecule has 0 aliphatic carbocycles. The van der Waals surface area contributed by atoms with Crippen LogP contribution in [-0.4, -0.2) is 50.3 Å². The molecular weight excluding hydrogens is 500 g/mol. The van der Waals surface area contributed by atoms with E-state index in [0.717, 1.165) is 29.1 Å². The number of nitrogens with one attached hydrogen (secondary N) is 1. The molecule has 2 aromatic carbocycles. The average molecular weight is 531 g/mol. The zero-order chi connectivity index (χ0) is 25.7. The van der Waals surface area contributed by atoms with E-state index in [9.17, 15) is 18.3 Å². The molecule has 192 valence electrons. The predicted octanol–water partition coefficient (Wildman–Crippen LogP) is 3.77. The minimum atomic E-state index is -3.68. The molecule has 0 amide bonds. The summed E-state index contributed by atoms with van der Waals surface area (Å²) in [5, 5.41) is 22.1. The number of carbonyl (C=O) groups is 1. The molecule has 1 aromatic heterocycles. The van der Waals surface area contributed by atoms with Crippen LogP contribution < -0.4 is 14.4 Å². The van der Waals surface area contributed by atoms with Crippen LogP contribution in [0.3, 0.4) is 0 Å². The number of hydrogen-bond acceptors (Lipinski definition) is 7. The number of aliphatic carboxylic acids is 1. The molecule has 1 saturated heterocycles. The van der Waals surface area contributed by atoms with Crippen molar-refractivity contribution in [1.29, 1.82) is 0 Å². The molecule has 0 atom stereocenters. The van der Waals surface area contributed by atoms with Crippen LogP contribution in [0.2, 0.25) is 0 Å². The molecule has 0 spiro atoms. The molecule has 0 radical (unpaired) electrons. The molecule has 36 heavy (non-hydrogen) atoms. The highest BCUT2D eigenvalue weighted by Gasteiger charge is 2.32. The summed E-state index contributed by atoms with van der Waals surface area (Å²) in [4.78, 5) is 12.3. The van der Waals surface area contributed by atoms with Gasteiger partial charge in [0.15, 0.2) is 6.61 Å². The number of carboxylic acids is 1. The highest BCUT2D eigenvalue weighted by atomic mass is 32.2. The second-order valence-electron chi connectivity index (χ2n) is 8.72. The van der Waals surface area contributed by atoms with Gasteiger partial charge >= 0.3 is 5.97 Å². The number of aliphatic hydroxyl groups excluding tert-OH is 1. The molecule has 4 rings (SSSR count). The van der Waals surface area contributed by atoms with Gasteiger partial charge in [-0.05, 0) is 56.1 Å². The molecular formula is C26H30N2O6S2. The lowest BCUT2D eigenvalue weighted by atomic mass is 10.0. The molecule has 1 aliphatic rings. The van der Waals surface area contributed by atoms with Crippen LogP contribution in [0.15, 0.2) is 54.6 Å². The van der Waals surface area contributed by atoms with E-state index in [0.29, 0.717) is 34.7 Å². The van der Waals surface area contributed by atoms with Gasteiger partial charge in [-0.1, -0.05) is 42.5 Å². The Hall–Kier alpha value is -2.92. The van der Waals surface area contributed by atoms with Gasteiger partial charge in [0.25, 0.3) is 0 Å². The number of carboxylic acid groups (broad SMARTS) is 1. The first kappa shape index (κ1) is 26.2. The fourth-order valence-corrected chi connectivity index (χ4v) is 7.50. The number of thiophene rings is 1. The van der Waals surface area contributed by atoms with E-state index in [4.69, 9.17) is 9.84 Å². The number of benzene rings is 2. The fourth-order valence-electron chi connectivity index (χ4n) is 4.54. The minimum Gasteiger partial charge on any atom is -0.480 e. The van der Waals surface area contributed by atoms with Crippen molar-refractivity contribution < 1.29 is 28.2 Å². The first-order valence-electron chi connectivity index (χ1n) is 11.7. The number of rotatable bonds is 10. The number of nitrogens with zero attached hydrogens (tertiary/aromatic N) is 1. The second kappa shape index (κ2) is 11.4. The van der Waals surface area contributed by atoms with Crippen LogP contribution in [0.1, 0.15) is 28.8 Å². The maximum atomic E-state index is 13.8. The first-order valence-corrected chi connectivity index (χ1v) is 14.2. The van der Waals surface area contributed by atoms with Gasteiger partial charge in [-0.25, -0.2) is 13.2 Å². The van der Waals surface area contributed by atoms with Crippen LogP contribution in [0.5, 0.6) is 5.75 Å². The Balaban J connectivity index is 1.74. The zero-order valence-electron chi connectivity index (χ0n) is 20.0. The van der Waals surface area contributed by atoms with Crippen molar-refractivity contribution in [2.45, 2.75) is 38.2 Å². The number of aliphatic hydroxyl groups is 1. The monoisotopic (exact) mass is 530 g/mol. The highest BCUT2D eigenvalue weighted by Crippen LogP contribution is 2.42. The number of ether oxygens (including phenoxy) is 1. The summed E-state index contributed by atoms with van der Waals surface area (Å²) >= 11 is 1.31. The molecule has 0 bridgehead atoms. The van der Waals surface area contributed by atoms with Crippen LogP contribution in [0.4, 0.5) is 5.69 Å². The summed E-state index contributed by atoms with van der Waals surface area (Å²) in [6, 6.07) is 16.4. The van der Waals surface area contributed by atoms with E-state index >= 15 is 0 Å². The lowest BCUT2D eigenvalue weighted by Gasteiger charge is -2.35. The Kier molecular flexibility index (Phi) is 8.30. The van der Waals surface area contributed by atoms with Crippen molar-refractivity contribution in [3.63, 3.8) is 0 Å². The van der Waals surface area contributed by atoms with Crippen molar-refractivity contribution in [3.8, 4) is 16.2 Å². The van der Waals surface area contributed by atoms with Crippen molar-refractivity contribution in [2.75, 3.05) is 24.0 Å². The van der Waals surface area contributed by atoms with Crippen LogP contribution >= 0.6 is 11.3 Å². The van der Waals surface area contributed by atoms with Gasteiger partial charge in [0.05, 0.1) is 22.9 Å². The van der Waals surface area contributed by atoms with E-state index in [1.54, 1.807) is 4.31 Å². The third kappa shape index (κ3) is 5.89. The normalized spacial score (nSPS) is 14.5. The van der Waals surface area contributed by atoms with Gasteiger partial charge in [0.1, 0.15) is 5.75 Å². The average Bonchev–Trinajstić information content (AvgIpc) is 3.19. The van der Waals surface area contributed by atoms with E-state index in [1.165, 1.54) is 11.3 Å². The van der Waals surface area contributed by atoms with Gasteiger partial charge < -0.3 is 20.3 Å². The maximum Gasteiger partial charge on any atom is 0.341 e. The number of hydrogen-bond donors (Lipinski definition) is 3. The molecule has 3 aromatic rings. The van der Waals surface area contributed by atoms with Crippen LogP contribution in [0.25, 0.3) is 10.4 Å². The van der Waals surface area contributed by atoms with E-state index < -0.39 is 22.6 Å². The molecule has 8 nitrogen and oxygen atoms in total. The zero-order valence-corrected chi connectivity index (χ0v) is 21.6. The Morgan fingerprint density at radius 1 is 1.14 bits per heavy atom. The van der Waals surface area contributed by atoms with Crippen molar-refractivity contribution in [2.24, 2.45) is 0 Å². The summed E-state index contributed by atoms with van der Waals surface area (Å²) in [5.74, 6) is -0.839. The van der Waals surface area contributed by atoms with Gasteiger partial charge in [-0.15, -0.1) is 11.3 Å². The number of sulfonamides is 1. The van der Waals surface area contributed by atoms with E-state index in [1.807, 2.05) is 61.5 Å². The van der Waals surface area contributed by atoms with Crippen molar-refractivity contribution in [1.82, 2.24) is 5.32 Å². The smallest absolute Gasteiger partial charge is 0.341 e. The third-order valence-corrected chi connectivity index (χ3v) is 9.25. The Morgan fingerprint density at radius 2 is 1.86 bits per heavy atom. The van der Waals surface area contributed by atoms with Crippen LogP contribution in [0, 0.1) is 6.92 Å². The summed E-state index contributed by atoms with van der Waals surface area (Å²) < 4.78 is 34.6. The summed E-state index contributed by atoms with van der Waals surface area (Å²) in [6.45, 7) is 2.51. The van der Waals surface area contributed by atoms with Crippen molar-refractivity contribution >= 4 is 33.0 Å². The molecule has 1 aliphatic heterocycles. The lowest BCUT2D eigenvalue weighted by molar-refractivity contribution is -0.139. The first-order chi connectivity index (χ1) is 17.3. The molecule has 3 N–H and O–H groups in total. The fraction of sp³-hybridized carbons (Fsp3) is 0.346. The topological polar surface area (TPSA) is 116 Å². The number of piperidine rings is 1. The standard InChI is InChI=1S/C26H30N2O6S2/c1-18-25(34-16-24(30)31)23(15-29)35-26(18)20-8-5-9-22(14-20)28(21-10-12-27-13-11-21)36(32,33)17-19-6-3-2-4-7-19/h2-9,14,21,27,29H,10-13,15-17H2,1H3,(H,30,31). The van der Waals surface area contributed by atoms with Crippen LogP contribution in [-0.2, 0) is 27.2 Å². The Morgan fingerprint density at radius 3 is 2.53 bits per heavy atom. The SMILES string of the molecule is Cc1c(-c2cccc(N(C3CCNCC3)S(=O)(=O)Cc3ccccc3)c2)sc(CO)c1OCC(=O)O. The van der Waals surface area contributed by atoms with Crippen molar-refractivity contribution in [3.05, 3.63) is 70.6 Å². The Labute approximate surface area is 215 Å². The summed E-state index contributed by atoms with van der Waals surface area (Å²) in [7, 11) is -3.68. The molecule has 0 unspecified atom stereocenters. The van der Waals surface area contributed by atoms with Gasteiger partial charge in [0.2, 0.25) is 10.0 Å². The maximum absolute atomic E-state index is 13.8. The minimum absolute atomic E-state index is 0.0954. The molecule has 0 saturated carbocycles. The van der Waals surface area contributed by atoms with Gasteiger partial charge in [-0.2, -0.15) is 0 Å². The van der Waals surface area contributed by atoms with E-state index in [-0.39, 0.29) is 18.4 Å². The predicted molar refractivity (Wildman–Crippen MR) is 141 cm³/mol. The summed E-state index contributed by atoms with van der Waals surface area (Å²) in [6.07, 6.45) is 1.41. The quantitative estimate of drug-likeness (QED) is 0.365.